The lowest BCUT2D eigenvalue weighted by atomic mass is 9.98. The topological polar surface area (TPSA) is 38.8 Å². The number of rotatable bonds is 2. The summed E-state index contributed by atoms with van der Waals surface area (Å²) in [5.41, 5.74) is -0.429. The van der Waals surface area contributed by atoms with Crippen LogP contribution >= 0.6 is 24.0 Å². The molecule has 6 heteroatoms. The predicted molar refractivity (Wildman–Crippen MR) is 82.6 cm³/mol. The van der Waals surface area contributed by atoms with Gasteiger partial charge < -0.3 is 14.4 Å². The fourth-order valence-electron chi connectivity index (χ4n) is 1.85. The van der Waals surface area contributed by atoms with Gasteiger partial charge in [0.15, 0.2) is 0 Å². The second-order valence-corrected chi connectivity index (χ2v) is 7.08. The average Bonchev–Trinajstić information content (AvgIpc) is 2.34. The molecule has 0 radical (unpaired) electrons. The zero-order valence-corrected chi connectivity index (χ0v) is 13.7. The first-order valence-corrected chi connectivity index (χ1v) is 8.14. The first-order valence-electron chi connectivity index (χ1n) is 6.50. The molecule has 0 saturated carbocycles. The van der Waals surface area contributed by atoms with E-state index in [1.165, 1.54) is 11.8 Å². The largest absolute Gasteiger partial charge is 0.478 e. The van der Waals surface area contributed by atoms with Gasteiger partial charge in [0.05, 0.1) is 6.61 Å². The van der Waals surface area contributed by atoms with Crippen molar-refractivity contribution in [3.8, 4) is 0 Å². The van der Waals surface area contributed by atoms with Crippen molar-refractivity contribution < 1.29 is 14.3 Å². The number of nitrogens with zero attached hydrogens (tertiary/aromatic N) is 1. The molecular formula is C13H23NO3S2. The van der Waals surface area contributed by atoms with Gasteiger partial charge >= 0.3 is 6.09 Å². The molecule has 0 unspecified atom stereocenters. The Hall–Kier alpha value is -0.490. The highest BCUT2D eigenvalue weighted by atomic mass is 32.2. The number of thiocarbonyl (C=S) groups is 1. The highest BCUT2D eigenvalue weighted by Gasteiger charge is 2.27. The maximum absolute atomic E-state index is 11.9. The van der Waals surface area contributed by atoms with Crippen LogP contribution in [0.5, 0.6) is 0 Å². The van der Waals surface area contributed by atoms with Crippen molar-refractivity contribution in [1.29, 1.82) is 0 Å². The van der Waals surface area contributed by atoms with Crippen molar-refractivity contribution in [2.75, 3.05) is 26.0 Å². The van der Waals surface area contributed by atoms with Gasteiger partial charge in [0.25, 0.3) is 0 Å². The molecule has 4 nitrogen and oxygen atoms in total. The molecule has 0 aromatic rings. The van der Waals surface area contributed by atoms with E-state index in [0.717, 1.165) is 25.9 Å². The summed E-state index contributed by atoms with van der Waals surface area (Å²) in [7, 11) is 0. The maximum atomic E-state index is 11.9. The summed E-state index contributed by atoms with van der Waals surface area (Å²) in [5, 5.41) is 0. The lowest BCUT2D eigenvalue weighted by Gasteiger charge is -2.33. The number of amides is 1. The molecule has 0 bridgehead atoms. The maximum Gasteiger partial charge on any atom is 0.410 e. The number of ether oxygens (including phenoxy) is 2. The molecule has 0 atom stereocenters. The van der Waals surface area contributed by atoms with E-state index in [1.807, 2.05) is 27.0 Å². The van der Waals surface area contributed by atoms with Gasteiger partial charge in [-0.1, -0.05) is 11.8 Å². The fraction of sp³-hybridized carbons (Fsp3) is 0.846. The number of piperidine rings is 1. The number of carbonyl (C=O) groups excluding carboxylic acids is 1. The summed E-state index contributed by atoms with van der Waals surface area (Å²) in [5.74, 6) is 0.476. The van der Waals surface area contributed by atoms with E-state index in [2.05, 4.69) is 0 Å². The van der Waals surface area contributed by atoms with E-state index in [9.17, 15) is 4.79 Å². The first-order chi connectivity index (χ1) is 8.81. The lowest BCUT2D eigenvalue weighted by Crippen LogP contribution is -2.42. The summed E-state index contributed by atoms with van der Waals surface area (Å²) in [6.45, 7) is 7.77. The molecule has 110 valence electrons. The van der Waals surface area contributed by atoms with Crippen LogP contribution in [0, 0.1) is 5.92 Å². The third-order valence-electron chi connectivity index (χ3n) is 2.87. The van der Waals surface area contributed by atoms with Crippen LogP contribution in [-0.2, 0) is 9.47 Å². The Morgan fingerprint density at radius 2 is 1.95 bits per heavy atom. The van der Waals surface area contributed by atoms with Crippen LogP contribution in [0.3, 0.4) is 0 Å². The zero-order valence-electron chi connectivity index (χ0n) is 12.1. The molecule has 0 aliphatic carbocycles. The van der Waals surface area contributed by atoms with Crippen LogP contribution in [-0.4, -0.2) is 46.9 Å². The number of hydrogen-bond donors (Lipinski definition) is 0. The lowest BCUT2D eigenvalue weighted by molar-refractivity contribution is 0.0164. The minimum atomic E-state index is -0.429. The van der Waals surface area contributed by atoms with Crippen LogP contribution in [0.4, 0.5) is 4.79 Å². The minimum absolute atomic E-state index is 0.216. The van der Waals surface area contributed by atoms with Gasteiger partial charge in [0.2, 0.25) is 4.38 Å². The highest BCUT2D eigenvalue weighted by Crippen LogP contribution is 2.20. The van der Waals surface area contributed by atoms with Crippen molar-refractivity contribution in [3.05, 3.63) is 0 Å². The minimum Gasteiger partial charge on any atom is -0.478 e. The molecule has 1 amide bonds. The van der Waals surface area contributed by atoms with Gasteiger partial charge in [-0.3, -0.25) is 0 Å². The van der Waals surface area contributed by atoms with Crippen molar-refractivity contribution in [2.45, 2.75) is 39.2 Å². The number of carbonyl (C=O) groups is 1. The van der Waals surface area contributed by atoms with Crippen molar-refractivity contribution in [3.63, 3.8) is 0 Å². The Labute approximate surface area is 125 Å². The quantitative estimate of drug-likeness (QED) is 0.732. The van der Waals surface area contributed by atoms with Crippen LogP contribution in [0.2, 0.25) is 0 Å². The van der Waals surface area contributed by atoms with Gasteiger partial charge in [-0.25, -0.2) is 4.79 Å². The molecule has 1 aliphatic heterocycles. The van der Waals surface area contributed by atoms with E-state index < -0.39 is 5.60 Å². The normalized spacial score (nSPS) is 17.2. The number of thioether (sulfide) groups is 1. The van der Waals surface area contributed by atoms with E-state index in [1.54, 1.807) is 4.90 Å². The predicted octanol–water partition coefficient (Wildman–Crippen LogP) is 3.30. The third-order valence-corrected chi connectivity index (χ3v) is 3.94. The van der Waals surface area contributed by atoms with Gasteiger partial charge in [0, 0.05) is 13.1 Å². The molecule has 0 spiro atoms. The van der Waals surface area contributed by atoms with Crippen LogP contribution in [0.1, 0.15) is 33.6 Å². The van der Waals surface area contributed by atoms with E-state index >= 15 is 0 Å². The van der Waals surface area contributed by atoms with Crippen molar-refractivity contribution in [2.24, 2.45) is 5.92 Å². The second-order valence-electron chi connectivity index (χ2n) is 5.68. The van der Waals surface area contributed by atoms with Crippen molar-refractivity contribution >= 4 is 34.5 Å². The van der Waals surface area contributed by atoms with Gasteiger partial charge in [-0.2, -0.15) is 0 Å². The van der Waals surface area contributed by atoms with E-state index in [0.29, 0.717) is 16.9 Å². The first kappa shape index (κ1) is 16.6. The standard InChI is InChI=1S/C13H23NO3S2/c1-13(2,3)17-11(15)14-7-5-10(6-8-14)9-16-12(18)19-4/h10H,5-9H2,1-4H3. The Morgan fingerprint density at radius 1 is 1.37 bits per heavy atom. The van der Waals surface area contributed by atoms with Gasteiger partial charge in [0.1, 0.15) is 5.60 Å². The summed E-state index contributed by atoms with van der Waals surface area (Å²) >= 11 is 6.45. The number of hydrogen-bond acceptors (Lipinski definition) is 5. The molecule has 1 rings (SSSR count). The fourth-order valence-corrected chi connectivity index (χ4v) is 2.11. The molecule has 1 aliphatic rings. The van der Waals surface area contributed by atoms with Crippen LogP contribution in [0.15, 0.2) is 0 Å². The highest BCUT2D eigenvalue weighted by molar-refractivity contribution is 8.22. The molecule has 1 fully saturated rings. The monoisotopic (exact) mass is 305 g/mol. The summed E-state index contributed by atoms with van der Waals surface area (Å²) < 4.78 is 11.4. The molecule has 0 aromatic carbocycles. The van der Waals surface area contributed by atoms with Crippen LogP contribution in [0.25, 0.3) is 0 Å². The SMILES string of the molecule is CSC(=S)OCC1CCN(C(=O)OC(C)(C)C)CC1. The van der Waals surface area contributed by atoms with E-state index in [-0.39, 0.29) is 6.09 Å². The zero-order chi connectivity index (χ0) is 14.5. The molecule has 19 heavy (non-hydrogen) atoms. The Kier molecular flexibility index (Phi) is 6.39. The third kappa shape index (κ3) is 6.47. The Morgan fingerprint density at radius 3 is 2.42 bits per heavy atom. The van der Waals surface area contributed by atoms with Crippen LogP contribution < -0.4 is 0 Å². The smallest absolute Gasteiger partial charge is 0.410 e. The summed E-state index contributed by atoms with van der Waals surface area (Å²) in [6.07, 6.45) is 3.58. The van der Waals surface area contributed by atoms with Crippen molar-refractivity contribution in [1.82, 2.24) is 4.90 Å². The molecule has 1 heterocycles. The average molecular weight is 305 g/mol. The second kappa shape index (κ2) is 7.33. The van der Waals surface area contributed by atoms with Gasteiger partial charge in [-0.05, 0) is 58.0 Å². The molecular weight excluding hydrogens is 282 g/mol. The van der Waals surface area contributed by atoms with E-state index in [4.69, 9.17) is 21.7 Å². The molecule has 0 N–H and O–H groups in total. The van der Waals surface area contributed by atoms with Gasteiger partial charge in [-0.15, -0.1) is 0 Å². The molecule has 0 aromatic heterocycles. The Balaban J connectivity index is 2.29. The number of likely N-dealkylation sites (tertiary alicyclic amines) is 1. The Bertz CT molecular complexity index is 320. The molecule has 1 saturated heterocycles. The summed E-state index contributed by atoms with van der Waals surface area (Å²) in [6, 6.07) is 0. The summed E-state index contributed by atoms with van der Waals surface area (Å²) in [4.78, 5) is 13.7.